The Morgan fingerprint density at radius 2 is 2.43 bits per heavy atom. The van der Waals surface area contributed by atoms with Crippen molar-refractivity contribution in [3.8, 4) is 0 Å². The van der Waals surface area contributed by atoms with Gasteiger partial charge in [0.05, 0.1) is 6.61 Å². The van der Waals surface area contributed by atoms with Crippen molar-refractivity contribution in [1.29, 1.82) is 0 Å². The Balaban J connectivity index is 2.07. The molecule has 1 heterocycles. The van der Waals surface area contributed by atoms with Crippen LogP contribution >= 0.6 is 0 Å². The van der Waals surface area contributed by atoms with E-state index in [1.165, 1.54) is 0 Å². The van der Waals surface area contributed by atoms with Gasteiger partial charge in [-0.2, -0.15) is 5.21 Å². The number of aromatic nitrogens is 4. The fraction of sp³-hybridized carbons (Fsp3) is 0.714. The number of rotatable bonds is 4. The minimum Gasteiger partial charge on any atom is -0.395 e. The molecule has 1 saturated carbocycles. The minimum absolute atomic E-state index is 0.0416. The normalized spacial score (nSPS) is 15.5. The number of tetrazole rings is 1. The van der Waals surface area contributed by atoms with Crippen LogP contribution in [0.3, 0.4) is 0 Å². The maximum atomic E-state index is 11.7. The van der Waals surface area contributed by atoms with E-state index < -0.39 is 0 Å². The van der Waals surface area contributed by atoms with E-state index >= 15 is 0 Å². The van der Waals surface area contributed by atoms with E-state index in [9.17, 15) is 4.79 Å². The topological polar surface area (TPSA) is 95.0 Å². The van der Waals surface area contributed by atoms with Gasteiger partial charge >= 0.3 is 0 Å². The Labute approximate surface area is 80.1 Å². The molecule has 0 spiro atoms. The Morgan fingerprint density at radius 3 is 2.93 bits per heavy atom. The molecule has 14 heavy (non-hydrogen) atoms. The van der Waals surface area contributed by atoms with Gasteiger partial charge in [0.15, 0.2) is 0 Å². The summed E-state index contributed by atoms with van der Waals surface area (Å²) in [6.45, 7) is 0.290. The van der Waals surface area contributed by atoms with Crippen LogP contribution in [0.2, 0.25) is 0 Å². The predicted molar refractivity (Wildman–Crippen MR) is 45.3 cm³/mol. The summed E-state index contributed by atoms with van der Waals surface area (Å²) in [7, 11) is 0. The van der Waals surface area contributed by atoms with Gasteiger partial charge in [-0.1, -0.05) is 0 Å². The summed E-state index contributed by atoms with van der Waals surface area (Å²) in [5, 5.41) is 21.6. The zero-order valence-electron chi connectivity index (χ0n) is 7.55. The Hall–Kier alpha value is -1.50. The molecular formula is C7H11N5O2. The van der Waals surface area contributed by atoms with Crippen molar-refractivity contribution in [3.63, 3.8) is 0 Å². The second-order valence-corrected chi connectivity index (χ2v) is 3.19. The maximum absolute atomic E-state index is 11.7. The van der Waals surface area contributed by atoms with Gasteiger partial charge < -0.3 is 10.0 Å². The van der Waals surface area contributed by atoms with E-state index in [0.29, 0.717) is 6.54 Å². The smallest absolute Gasteiger partial charge is 0.295 e. The lowest BCUT2D eigenvalue weighted by molar-refractivity contribution is 0.0695. The van der Waals surface area contributed by atoms with Crippen molar-refractivity contribution < 1.29 is 9.90 Å². The summed E-state index contributed by atoms with van der Waals surface area (Å²) >= 11 is 0. The second kappa shape index (κ2) is 3.70. The van der Waals surface area contributed by atoms with Crippen molar-refractivity contribution in [2.75, 3.05) is 13.2 Å². The van der Waals surface area contributed by atoms with Crippen LogP contribution in [-0.4, -0.2) is 55.7 Å². The number of hydrogen-bond acceptors (Lipinski definition) is 5. The van der Waals surface area contributed by atoms with Crippen molar-refractivity contribution in [2.24, 2.45) is 0 Å². The van der Waals surface area contributed by atoms with E-state index in [-0.39, 0.29) is 24.4 Å². The lowest BCUT2D eigenvalue weighted by atomic mass is 10.4. The van der Waals surface area contributed by atoms with Gasteiger partial charge in [-0.3, -0.25) is 4.79 Å². The molecule has 7 nitrogen and oxygen atoms in total. The number of aromatic amines is 1. The third-order valence-corrected chi connectivity index (χ3v) is 2.13. The standard InChI is InChI=1S/C7H11N5O2/c13-4-3-12(5-1-2-5)7(14)6-8-10-11-9-6/h5,13H,1-4H2,(H,8,9,10,11). The average Bonchev–Trinajstić information content (AvgIpc) is 2.88. The second-order valence-electron chi connectivity index (χ2n) is 3.19. The van der Waals surface area contributed by atoms with Crippen LogP contribution in [0.1, 0.15) is 23.5 Å². The fourth-order valence-electron chi connectivity index (χ4n) is 1.32. The highest BCUT2D eigenvalue weighted by Gasteiger charge is 2.34. The van der Waals surface area contributed by atoms with E-state index in [0.717, 1.165) is 12.8 Å². The molecule has 1 amide bonds. The van der Waals surface area contributed by atoms with Gasteiger partial charge in [0.25, 0.3) is 11.7 Å². The largest absolute Gasteiger partial charge is 0.395 e. The summed E-state index contributed by atoms with van der Waals surface area (Å²) in [6, 6.07) is 0.244. The molecule has 2 rings (SSSR count). The molecule has 1 aromatic rings. The average molecular weight is 197 g/mol. The molecule has 76 valence electrons. The molecule has 1 fully saturated rings. The number of carbonyl (C=O) groups excluding carboxylic acids is 1. The number of amides is 1. The lowest BCUT2D eigenvalue weighted by Crippen LogP contribution is -2.36. The first kappa shape index (κ1) is 9.07. The maximum Gasteiger partial charge on any atom is 0.295 e. The summed E-state index contributed by atoms with van der Waals surface area (Å²) in [5.74, 6) is -0.208. The Morgan fingerprint density at radius 1 is 1.64 bits per heavy atom. The molecule has 0 atom stereocenters. The summed E-state index contributed by atoms with van der Waals surface area (Å²) in [5.41, 5.74) is 0. The molecule has 0 unspecified atom stereocenters. The van der Waals surface area contributed by atoms with Crippen molar-refractivity contribution >= 4 is 5.91 Å². The first-order valence-corrected chi connectivity index (χ1v) is 4.48. The molecule has 1 aromatic heterocycles. The zero-order chi connectivity index (χ0) is 9.97. The van der Waals surface area contributed by atoms with Crippen LogP contribution in [-0.2, 0) is 0 Å². The summed E-state index contributed by atoms with van der Waals surface area (Å²) in [6.07, 6.45) is 1.98. The first-order valence-electron chi connectivity index (χ1n) is 4.48. The highest BCUT2D eigenvalue weighted by Crippen LogP contribution is 2.27. The minimum atomic E-state index is -0.268. The quantitative estimate of drug-likeness (QED) is 0.632. The number of aliphatic hydroxyl groups excluding tert-OH is 1. The monoisotopic (exact) mass is 197 g/mol. The SMILES string of the molecule is O=C(c1nn[nH]n1)N(CCO)C1CC1. The summed E-state index contributed by atoms with van der Waals surface area (Å²) in [4.78, 5) is 13.3. The lowest BCUT2D eigenvalue weighted by Gasteiger charge is -2.18. The number of nitrogens with one attached hydrogen (secondary N) is 1. The fourth-order valence-corrected chi connectivity index (χ4v) is 1.32. The van der Waals surface area contributed by atoms with Gasteiger partial charge in [-0.05, 0) is 18.1 Å². The molecule has 1 aliphatic rings. The third kappa shape index (κ3) is 1.72. The van der Waals surface area contributed by atoms with Crippen molar-refractivity contribution in [3.05, 3.63) is 5.82 Å². The number of aliphatic hydroxyl groups is 1. The van der Waals surface area contributed by atoms with E-state index in [1.807, 2.05) is 0 Å². The molecule has 1 aliphatic carbocycles. The van der Waals surface area contributed by atoms with Gasteiger partial charge in [0.1, 0.15) is 0 Å². The molecule has 2 N–H and O–H groups in total. The Kier molecular flexibility index (Phi) is 2.40. The highest BCUT2D eigenvalue weighted by molar-refractivity contribution is 5.90. The van der Waals surface area contributed by atoms with E-state index in [4.69, 9.17) is 5.11 Å². The van der Waals surface area contributed by atoms with Crippen molar-refractivity contribution in [1.82, 2.24) is 25.5 Å². The van der Waals surface area contributed by atoms with Gasteiger partial charge in [-0.15, -0.1) is 10.2 Å². The molecule has 0 bridgehead atoms. The van der Waals surface area contributed by atoms with E-state index in [1.54, 1.807) is 4.90 Å². The zero-order valence-corrected chi connectivity index (χ0v) is 7.55. The predicted octanol–water partition coefficient (Wildman–Crippen LogP) is -1.20. The molecule has 0 saturated heterocycles. The van der Waals surface area contributed by atoms with Gasteiger partial charge in [0.2, 0.25) is 0 Å². The number of hydrogen-bond donors (Lipinski definition) is 2. The summed E-state index contributed by atoms with van der Waals surface area (Å²) < 4.78 is 0. The number of carbonyl (C=O) groups is 1. The molecular weight excluding hydrogens is 186 g/mol. The van der Waals surface area contributed by atoms with Crippen LogP contribution in [0.4, 0.5) is 0 Å². The molecule has 0 radical (unpaired) electrons. The number of H-pyrrole nitrogens is 1. The Bertz CT molecular complexity index is 308. The van der Waals surface area contributed by atoms with Gasteiger partial charge in [-0.25, -0.2) is 0 Å². The van der Waals surface area contributed by atoms with E-state index in [2.05, 4.69) is 20.6 Å². The number of nitrogens with zero attached hydrogens (tertiary/aromatic N) is 4. The third-order valence-electron chi connectivity index (χ3n) is 2.13. The van der Waals surface area contributed by atoms with Crippen LogP contribution in [0.25, 0.3) is 0 Å². The molecule has 0 aromatic carbocycles. The van der Waals surface area contributed by atoms with Crippen molar-refractivity contribution in [2.45, 2.75) is 18.9 Å². The first-order chi connectivity index (χ1) is 6.83. The highest BCUT2D eigenvalue weighted by atomic mass is 16.3. The van der Waals surface area contributed by atoms with Crippen LogP contribution < -0.4 is 0 Å². The van der Waals surface area contributed by atoms with Crippen LogP contribution in [0, 0.1) is 0 Å². The van der Waals surface area contributed by atoms with Gasteiger partial charge in [0, 0.05) is 12.6 Å². The van der Waals surface area contributed by atoms with Crippen LogP contribution in [0.15, 0.2) is 0 Å². The van der Waals surface area contributed by atoms with Crippen LogP contribution in [0.5, 0.6) is 0 Å². The molecule has 0 aliphatic heterocycles. The molecule has 7 heteroatoms.